The van der Waals surface area contributed by atoms with E-state index >= 15 is 0 Å². The molecule has 12 heteroatoms. The Hall–Kier alpha value is -2.73. The van der Waals surface area contributed by atoms with Crippen LogP contribution in [0.2, 0.25) is 0 Å². The predicted octanol–water partition coefficient (Wildman–Crippen LogP) is -2.73. The Balaban J connectivity index is 2.89. The highest BCUT2D eigenvalue weighted by Crippen LogP contribution is 2.19. The fourth-order valence-corrected chi connectivity index (χ4v) is 3.23. The van der Waals surface area contributed by atoms with Gasteiger partial charge in [-0.3, -0.25) is 19.2 Å². The molecular weight excluding hydrogens is 398 g/mol. The van der Waals surface area contributed by atoms with E-state index in [0.29, 0.717) is 12.8 Å². The van der Waals surface area contributed by atoms with Crippen molar-refractivity contribution >= 4 is 29.6 Å². The van der Waals surface area contributed by atoms with Crippen LogP contribution in [0.5, 0.6) is 0 Å². The number of primary amides is 1. The SMILES string of the molecule is CC(C)C(NC(=O)C(NC(=O)C1CCCN1C(=O)C(N)CC(N)=O)C(C)O)C(=O)O. The van der Waals surface area contributed by atoms with Gasteiger partial charge in [-0.2, -0.15) is 0 Å². The summed E-state index contributed by atoms with van der Waals surface area (Å²) < 4.78 is 0. The largest absolute Gasteiger partial charge is 0.480 e. The van der Waals surface area contributed by atoms with Crippen LogP contribution >= 0.6 is 0 Å². The summed E-state index contributed by atoms with van der Waals surface area (Å²) in [7, 11) is 0. The molecule has 1 aliphatic rings. The maximum absolute atomic E-state index is 12.7. The van der Waals surface area contributed by atoms with Gasteiger partial charge in [0.25, 0.3) is 0 Å². The van der Waals surface area contributed by atoms with Crippen LogP contribution < -0.4 is 22.1 Å². The molecule has 8 N–H and O–H groups in total. The molecule has 170 valence electrons. The zero-order chi connectivity index (χ0) is 23.2. The molecule has 1 rings (SSSR count). The molecule has 0 saturated carbocycles. The summed E-state index contributed by atoms with van der Waals surface area (Å²) in [6.45, 7) is 4.72. The quantitative estimate of drug-likeness (QED) is 0.214. The van der Waals surface area contributed by atoms with Crippen LogP contribution in [0.1, 0.15) is 40.0 Å². The fourth-order valence-electron chi connectivity index (χ4n) is 3.23. The molecule has 0 bridgehead atoms. The molecule has 5 unspecified atom stereocenters. The zero-order valence-corrected chi connectivity index (χ0v) is 17.3. The summed E-state index contributed by atoms with van der Waals surface area (Å²) in [6.07, 6.45) is -0.877. The van der Waals surface area contributed by atoms with Crippen LogP contribution in [0.4, 0.5) is 0 Å². The van der Waals surface area contributed by atoms with Gasteiger partial charge in [-0.15, -0.1) is 0 Å². The Morgan fingerprint density at radius 2 is 1.70 bits per heavy atom. The number of carboxylic acids is 1. The topological polar surface area (TPSA) is 205 Å². The second-order valence-corrected chi connectivity index (χ2v) is 7.76. The van der Waals surface area contributed by atoms with E-state index in [0.717, 1.165) is 0 Å². The Bertz CT molecular complexity index is 682. The summed E-state index contributed by atoms with van der Waals surface area (Å²) in [5.41, 5.74) is 10.7. The van der Waals surface area contributed by atoms with Crippen LogP contribution in [0.3, 0.4) is 0 Å². The molecule has 30 heavy (non-hydrogen) atoms. The number of nitrogens with zero attached hydrogens (tertiary/aromatic N) is 1. The maximum Gasteiger partial charge on any atom is 0.326 e. The normalized spacial score (nSPS) is 20.2. The molecule has 0 aliphatic carbocycles. The molecule has 0 radical (unpaired) electrons. The number of aliphatic hydroxyl groups excluding tert-OH is 1. The molecule has 1 heterocycles. The lowest BCUT2D eigenvalue weighted by molar-refractivity contribution is -0.145. The number of hydrogen-bond donors (Lipinski definition) is 6. The van der Waals surface area contributed by atoms with Gasteiger partial charge in [0.05, 0.1) is 18.6 Å². The number of nitrogens with one attached hydrogen (secondary N) is 2. The average molecular weight is 429 g/mol. The van der Waals surface area contributed by atoms with Crippen molar-refractivity contribution in [1.29, 1.82) is 0 Å². The van der Waals surface area contributed by atoms with E-state index in [2.05, 4.69) is 10.6 Å². The highest BCUT2D eigenvalue weighted by atomic mass is 16.4. The first-order valence-corrected chi connectivity index (χ1v) is 9.72. The van der Waals surface area contributed by atoms with Crippen molar-refractivity contribution in [2.45, 2.75) is 70.3 Å². The minimum Gasteiger partial charge on any atom is -0.480 e. The maximum atomic E-state index is 12.7. The number of carbonyl (C=O) groups is 5. The number of aliphatic carboxylic acids is 1. The zero-order valence-electron chi connectivity index (χ0n) is 17.3. The lowest BCUT2D eigenvalue weighted by Crippen LogP contribution is -2.60. The van der Waals surface area contributed by atoms with Gasteiger partial charge in [-0.05, 0) is 25.7 Å². The minimum absolute atomic E-state index is 0.239. The van der Waals surface area contributed by atoms with Gasteiger partial charge in [0, 0.05) is 6.54 Å². The van der Waals surface area contributed by atoms with Crippen LogP contribution in [-0.2, 0) is 24.0 Å². The summed E-state index contributed by atoms with van der Waals surface area (Å²) >= 11 is 0. The monoisotopic (exact) mass is 429 g/mol. The van der Waals surface area contributed by atoms with Gasteiger partial charge in [-0.1, -0.05) is 13.8 Å². The van der Waals surface area contributed by atoms with Gasteiger partial charge in [0.1, 0.15) is 18.1 Å². The van der Waals surface area contributed by atoms with Crippen LogP contribution in [-0.4, -0.2) is 81.5 Å². The summed E-state index contributed by atoms with van der Waals surface area (Å²) in [6, 6.07) is -4.75. The van der Waals surface area contributed by atoms with Crippen molar-refractivity contribution in [3.63, 3.8) is 0 Å². The first-order chi connectivity index (χ1) is 13.9. The Morgan fingerprint density at radius 3 is 2.17 bits per heavy atom. The van der Waals surface area contributed by atoms with E-state index in [-0.39, 0.29) is 13.0 Å². The second kappa shape index (κ2) is 10.9. The van der Waals surface area contributed by atoms with Crippen molar-refractivity contribution in [2.24, 2.45) is 17.4 Å². The number of nitrogens with two attached hydrogens (primary N) is 2. The Labute approximate surface area is 174 Å². The second-order valence-electron chi connectivity index (χ2n) is 7.76. The molecule has 0 aromatic carbocycles. The van der Waals surface area contributed by atoms with E-state index in [1.165, 1.54) is 11.8 Å². The van der Waals surface area contributed by atoms with Crippen molar-refractivity contribution in [2.75, 3.05) is 6.54 Å². The van der Waals surface area contributed by atoms with Crippen molar-refractivity contribution in [3.05, 3.63) is 0 Å². The molecule has 0 spiro atoms. The minimum atomic E-state index is -1.42. The number of rotatable bonds is 10. The van der Waals surface area contributed by atoms with Gasteiger partial charge in [0.15, 0.2) is 0 Å². The molecule has 5 atom stereocenters. The van der Waals surface area contributed by atoms with E-state index in [9.17, 15) is 34.2 Å². The highest BCUT2D eigenvalue weighted by molar-refractivity contribution is 5.95. The number of carbonyl (C=O) groups excluding carboxylic acids is 4. The average Bonchev–Trinajstić information content (AvgIpc) is 3.11. The van der Waals surface area contributed by atoms with Crippen molar-refractivity contribution in [3.8, 4) is 0 Å². The van der Waals surface area contributed by atoms with Crippen LogP contribution in [0.15, 0.2) is 0 Å². The molecular formula is C18H31N5O7. The Kier molecular flexibility index (Phi) is 9.18. The van der Waals surface area contributed by atoms with E-state index in [4.69, 9.17) is 11.5 Å². The van der Waals surface area contributed by atoms with E-state index in [1.807, 2.05) is 0 Å². The third-order valence-electron chi connectivity index (χ3n) is 4.87. The van der Waals surface area contributed by atoms with Crippen molar-refractivity contribution < 1.29 is 34.2 Å². The summed E-state index contributed by atoms with van der Waals surface area (Å²) in [5.74, 6) is -4.59. The fraction of sp³-hybridized carbons (Fsp3) is 0.722. The Morgan fingerprint density at radius 1 is 1.10 bits per heavy atom. The van der Waals surface area contributed by atoms with E-state index in [1.54, 1.807) is 13.8 Å². The lowest BCUT2D eigenvalue weighted by Gasteiger charge is -2.29. The number of amides is 4. The number of likely N-dealkylation sites (tertiary alicyclic amines) is 1. The number of aliphatic hydroxyl groups is 1. The van der Waals surface area contributed by atoms with Gasteiger partial charge < -0.3 is 37.2 Å². The molecule has 1 aliphatic heterocycles. The smallest absolute Gasteiger partial charge is 0.326 e. The van der Waals surface area contributed by atoms with Crippen LogP contribution in [0, 0.1) is 5.92 Å². The third kappa shape index (κ3) is 6.66. The number of carboxylic acid groups (broad SMARTS) is 1. The van der Waals surface area contributed by atoms with Gasteiger partial charge in [0.2, 0.25) is 23.6 Å². The molecule has 0 aromatic rings. The molecule has 12 nitrogen and oxygen atoms in total. The summed E-state index contributed by atoms with van der Waals surface area (Å²) in [4.78, 5) is 61.2. The lowest BCUT2D eigenvalue weighted by atomic mass is 10.0. The first-order valence-electron chi connectivity index (χ1n) is 9.72. The molecule has 0 aromatic heterocycles. The van der Waals surface area contributed by atoms with Gasteiger partial charge >= 0.3 is 5.97 Å². The standard InChI is InChI=1S/C18H31N5O7/c1-8(2)13(18(29)30)21-16(27)14(9(3)24)22-15(26)11-5-4-6-23(11)17(28)10(19)7-12(20)25/h8-11,13-14,24H,4-7,19H2,1-3H3,(H2,20,25)(H,21,27)(H,22,26)(H,29,30). The molecule has 4 amide bonds. The summed E-state index contributed by atoms with van der Waals surface area (Å²) in [5, 5.41) is 23.9. The molecule has 1 fully saturated rings. The van der Waals surface area contributed by atoms with Crippen molar-refractivity contribution in [1.82, 2.24) is 15.5 Å². The molecule has 1 saturated heterocycles. The van der Waals surface area contributed by atoms with Crippen LogP contribution in [0.25, 0.3) is 0 Å². The number of hydrogen-bond acceptors (Lipinski definition) is 7. The predicted molar refractivity (Wildman–Crippen MR) is 105 cm³/mol. The highest BCUT2D eigenvalue weighted by Gasteiger charge is 2.39. The van der Waals surface area contributed by atoms with E-state index < -0.39 is 65.8 Å². The first kappa shape index (κ1) is 25.3. The third-order valence-corrected chi connectivity index (χ3v) is 4.87. The van der Waals surface area contributed by atoms with Gasteiger partial charge in [-0.25, -0.2) is 4.79 Å².